The number of nitrogens with zero attached hydrogens (tertiary/aromatic N) is 1. The predicted octanol–water partition coefficient (Wildman–Crippen LogP) is 2.67. The molecule has 0 radical (unpaired) electrons. The maximum absolute atomic E-state index is 12.8. The summed E-state index contributed by atoms with van der Waals surface area (Å²) >= 11 is 5.88. The van der Waals surface area contributed by atoms with E-state index in [1.165, 1.54) is 4.90 Å². The Morgan fingerprint density at radius 3 is 2.63 bits per heavy atom. The first-order valence-corrected chi connectivity index (χ1v) is 10.1. The topological polar surface area (TPSA) is 95.6 Å². The van der Waals surface area contributed by atoms with Crippen LogP contribution in [0.5, 0.6) is 0 Å². The molecule has 7 nitrogen and oxygen atoms in total. The van der Waals surface area contributed by atoms with Gasteiger partial charge in [-0.3, -0.25) is 24.5 Å². The molecule has 2 heterocycles. The Balaban J connectivity index is 1.44. The van der Waals surface area contributed by atoms with E-state index in [1.807, 2.05) is 12.1 Å². The monoisotopic (exact) mass is 425 g/mol. The Hall–Kier alpha value is -3.19. The van der Waals surface area contributed by atoms with Crippen molar-refractivity contribution >= 4 is 40.9 Å². The highest BCUT2D eigenvalue weighted by molar-refractivity contribution is 6.30. The van der Waals surface area contributed by atoms with Gasteiger partial charge in [-0.2, -0.15) is 0 Å². The summed E-state index contributed by atoms with van der Waals surface area (Å²) < 4.78 is 0. The van der Waals surface area contributed by atoms with E-state index in [2.05, 4.69) is 10.6 Å². The number of hydrogen-bond donors (Lipinski definition) is 2. The van der Waals surface area contributed by atoms with Gasteiger partial charge >= 0.3 is 0 Å². The fourth-order valence-corrected chi connectivity index (χ4v) is 3.95. The summed E-state index contributed by atoms with van der Waals surface area (Å²) in [5, 5.41) is 5.82. The van der Waals surface area contributed by atoms with Crippen LogP contribution in [-0.2, 0) is 27.3 Å². The molecule has 0 saturated carbocycles. The van der Waals surface area contributed by atoms with Gasteiger partial charge < -0.3 is 10.2 Å². The van der Waals surface area contributed by atoms with Gasteiger partial charge in [0.05, 0.1) is 0 Å². The zero-order chi connectivity index (χ0) is 21.3. The lowest BCUT2D eigenvalue weighted by molar-refractivity contribution is -0.137. The Bertz CT molecular complexity index is 1040. The number of amides is 4. The van der Waals surface area contributed by atoms with Gasteiger partial charge in [-0.1, -0.05) is 29.8 Å². The van der Waals surface area contributed by atoms with Crippen molar-refractivity contribution in [2.75, 3.05) is 5.32 Å². The number of imide groups is 1. The van der Waals surface area contributed by atoms with Crippen molar-refractivity contribution in [2.24, 2.45) is 0 Å². The van der Waals surface area contributed by atoms with E-state index in [4.69, 9.17) is 11.6 Å². The fourth-order valence-electron chi connectivity index (χ4n) is 3.82. The van der Waals surface area contributed by atoms with Crippen LogP contribution < -0.4 is 10.6 Å². The molecule has 2 aliphatic rings. The summed E-state index contributed by atoms with van der Waals surface area (Å²) in [4.78, 5) is 50.4. The van der Waals surface area contributed by atoms with E-state index in [0.29, 0.717) is 34.7 Å². The number of aryl methyl sites for hydroxylation is 1. The highest BCUT2D eigenvalue weighted by Gasteiger charge is 2.39. The second-order valence-corrected chi connectivity index (χ2v) is 7.84. The van der Waals surface area contributed by atoms with Crippen LogP contribution in [-0.4, -0.2) is 34.6 Å². The van der Waals surface area contributed by atoms with Crippen LogP contribution in [0.15, 0.2) is 42.5 Å². The third-order valence-corrected chi connectivity index (χ3v) is 5.66. The van der Waals surface area contributed by atoms with Crippen molar-refractivity contribution in [3.05, 3.63) is 64.2 Å². The number of carbonyl (C=O) groups excluding carboxylic acids is 4. The molecule has 4 rings (SSSR count). The van der Waals surface area contributed by atoms with Gasteiger partial charge in [0.25, 0.3) is 5.91 Å². The van der Waals surface area contributed by atoms with Crippen molar-refractivity contribution in [1.29, 1.82) is 0 Å². The molecule has 0 aliphatic carbocycles. The quantitative estimate of drug-likeness (QED) is 0.720. The lowest BCUT2D eigenvalue weighted by atomic mass is 10.0. The van der Waals surface area contributed by atoms with Crippen LogP contribution in [0.25, 0.3) is 0 Å². The van der Waals surface area contributed by atoms with Gasteiger partial charge in [0.2, 0.25) is 17.7 Å². The number of anilines is 1. The zero-order valence-corrected chi connectivity index (χ0v) is 16.9. The number of halogens is 1. The van der Waals surface area contributed by atoms with Crippen molar-refractivity contribution in [1.82, 2.24) is 10.2 Å². The lowest BCUT2D eigenvalue weighted by Gasteiger charge is -2.29. The first kappa shape index (κ1) is 20.1. The van der Waals surface area contributed by atoms with E-state index in [9.17, 15) is 19.2 Å². The van der Waals surface area contributed by atoms with Crippen molar-refractivity contribution in [3.8, 4) is 0 Å². The SMILES string of the molecule is O=C1CCC(N2Cc3c(NC(=O)CCc4ccc(Cl)cc4)cccc3C2=O)C(=O)N1. The molecule has 30 heavy (non-hydrogen) atoms. The molecule has 1 unspecified atom stereocenters. The number of carbonyl (C=O) groups is 4. The maximum atomic E-state index is 12.8. The molecule has 2 aromatic rings. The zero-order valence-electron chi connectivity index (χ0n) is 16.1. The molecular weight excluding hydrogens is 406 g/mol. The van der Waals surface area contributed by atoms with Gasteiger partial charge in [0, 0.05) is 41.2 Å². The smallest absolute Gasteiger partial charge is 0.255 e. The number of nitrogens with one attached hydrogen (secondary N) is 2. The van der Waals surface area contributed by atoms with Crippen LogP contribution in [0, 0.1) is 0 Å². The third-order valence-electron chi connectivity index (χ3n) is 5.41. The molecule has 2 aliphatic heterocycles. The van der Waals surface area contributed by atoms with E-state index >= 15 is 0 Å². The van der Waals surface area contributed by atoms with Crippen molar-refractivity contribution in [3.63, 3.8) is 0 Å². The number of benzene rings is 2. The largest absolute Gasteiger partial charge is 0.326 e. The van der Waals surface area contributed by atoms with E-state index in [-0.39, 0.29) is 37.1 Å². The van der Waals surface area contributed by atoms with Crippen molar-refractivity contribution in [2.45, 2.75) is 38.3 Å². The van der Waals surface area contributed by atoms with E-state index in [0.717, 1.165) is 5.56 Å². The average Bonchev–Trinajstić information content (AvgIpc) is 3.05. The van der Waals surface area contributed by atoms with Crippen LogP contribution in [0.2, 0.25) is 5.02 Å². The number of hydrogen-bond acceptors (Lipinski definition) is 4. The summed E-state index contributed by atoms with van der Waals surface area (Å²) in [7, 11) is 0. The minimum Gasteiger partial charge on any atom is -0.326 e. The van der Waals surface area contributed by atoms with Gasteiger partial charge in [-0.25, -0.2) is 0 Å². The normalized spacial score (nSPS) is 18.2. The van der Waals surface area contributed by atoms with E-state index < -0.39 is 11.9 Å². The standard InChI is InChI=1S/C22H20ClN3O4/c23-14-7-4-13(5-8-14)6-10-19(27)24-17-3-1-2-15-16(17)12-26(22(15)30)18-9-11-20(28)25-21(18)29/h1-5,7-8,18H,6,9-12H2,(H,24,27)(H,25,28,29). The van der Waals surface area contributed by atoms with Gasteiger partial charge in [-0.15, -0.1) is 0 Å². The van der Waals surface area contributed by atoms with Gasteiger partial charge in [0.1, 0.15) is 6.04 Å². The second-order valence-electron chi connectivity index (χ2n) is 7.41. The number of piperidine rings is 1. The molecule has 0 spiro atoms. The van der Waals surface area contributed by atoms with Crippen LogP contribution in [0.1, 0.15) is 40.7 Å². The Morgan fingerprint density at radius 2 is 1.90 bits per heavy atom. The summed E-state index contributed by atoms with van der Waals surface area (Å²) in [6, 6.07) is 11.8. The molecule has 4 amide bonds. The Morgan fingerprint density at radius 1 is 1.13 bits per heavy atom. The molecule has 8 heteroatoms. The van der Waals surface area contributed by atoms with E-state index in [1.54, 1.807) is 30.3 Å². The number of rotatable bonds is 5. The maximum Gasteiger partial charge on any atom is 0.255 e. The highest BCUT2D eigenvalue weighted by Crippen LogP contribution is 2.32. The Kier molecular flexibility index (Phi) is 5.55. The second kappa shape index (κ2) is 8.28. The summed E-state index contributed by atoms with van der Waals surface area (Å²) in [6.07, 6.45) is 1.35. The molecule has 0 bridgehead atoms. The van der Waals surface area contributed by atoms with Crippen LogP contribution in [0.4, 0.5) is 5.69 Å². The molecule has 0 aromatic heterocycles. The minimum atomic E-state index is -0.684. The van der Waals surface area contributed by atoms with Crippen LogP contribution >= 0.6 is 11.6 Å². The highest BCUT2D eigenvalue weighted by atomic mass is 35.5. The van der Waals surface area contributed by atoms with Crippen LogP contribution in [0.3, 0.4) is 0 Å². The Labute approximate surface area is 178 Å². The van der Waals surface area contributed by atoms with Gasteiger partial charge in [-0.05, 0) is 42.7 Å². The first-order valence-electron chi connectivity index (χ1n) is 9.73. The molecule has 2 N–H and O–H groups in total. The fraction of sp³-hybridized carbons (Fsp3) is 0.273. The lowest BCUT2D eigenvalue weighted by Crippen LogP contribution is -2.52. The third kappa shape index (κ3) is 4.07. The summed E-state index contributed by atoms with van der Waals surface area (Å²) in [5.41, 5.74) is 2.73. The van der Waals surface area contributed by atoms with Crippen molar-refractivity contribution < 1.29 is 19.2 Å². The molecule has 2 aromatic carbocycles. The summed E-state index contributed by atoms with van der Waals surface area (Å²) in [5.74, 6) is -1.21. The molecule has 1 atom stereocenters. The molecule has 154 valence electrons. The minimum absolute atomic E-state index is 0.162. The average molecular weight is 426 g/mol. The first-order chi connectivity index (χ1) is 14.4. The van der Waals surface area contributed by atoms with Gasteiger partial charge in [0.15, 0.2) is 0 Å². The molecule has 1 saturated heterocycles. The number of fused-ring (bicyclic) bond motifs is 1. The molecule has 1 fully saturated rings. The molecular formula is C22H20ClN3O4. The predicted molar refractivity (Wildman–Crippen MR) is 111 cm³/mol. The summed E-state index contributed by atoms with van der Waals surface area (Å²) in [6.45, 7) is 0.216.